The lowest BCUT2D eigenvalue weighted by molar-refractivity contribution is -0.384. The van der Waals surface area contributed by atoms with Gasteiger partial charge in [0.1, 0.15) is 11.4 Å². The van der Waals surface area contributed by atoms with Gasteiger partial charge in [-0.3, -0.25) is 10.1 Å². The third-order valence-electron chi connectivity index (χ3n) is 7.35. The Morgan fingerprint density at radius 2 is 1.93 bits per heavy atom. The molecule has 12 nitrogen and oxygen atoms in total. The zero-order valence-electron chi connectivity index (χ0n) is 25.1. The van der Waals surface area contributed by atoms with Gasteiger partial charge in [-0.2, -0.15) is 0 Å². The molecule has 0 bridgehead atoms. The van der Waals surface area contributed by atoms with Crippen LogP contribution in [0.3, 0.4) is 0 Å². The average molecular weight is 577 g/mol. The number of hydrogen-bond acceptors (Lipinski definition) is 10. The number of methoxy groups -OCH3 is 1. The lowest BCUT2D eigenvalue weighted by atomic mass is 10.1. The Balaban J connectivity index is 1.72. The Kier molecular flexibility index (Phi) is 9.94. The molecular weight excluding hydrogens is 536 g/mol. The minimum absolute atomic E-state index is 0.0462. The van der Waals surface area contributed by atoms with Gasteiger partial charge < -0.3 is 34.8 Å². The number of fused-ring (bicyclic) bond motifs is 1. The van der Waals surface area contributed by atoms with Crippen LogP contribution >= 0.6 is 0 Å². The van der Waals surface area contributed by atoms with Crippen LogP contribution < -0.4 is 20.3 Å². The van der Waals surface area contributed by atoms with E-state index in [1.165, 1.54) is 13.2 Å². The van der Waals surface area contributed by atoms with Crippen molar-refractivity contribution in [1.82, 2.24) is 24.8 Å². The minimum atomic E-state index is -0.392. The molecule has 12 heteroatoms. The highest BCUT2D eigenvalue weighted by atomic mass is 16.6. The molecule has 0 radical (unpaired) electrons. The second-order valence-corrected chi connectivity index (χ2v) is 10.6. The highest BCUT2D eigenvalue weighted by molar-refractivity contribution is 5.97. The van der Waals surface area contributed by atoms with Crippen molar-refractivity contribution in [1.29, 1.82) is 0 Å². The summed E-state index contributed by atoms with van der Waals surface area (Å²) in [6.45, 7) is 4.09. The number of likely N-dealkylation sites (N-methyl/N-ethyl adjacent to an activating group) is 2. The van der Waals surface area contributed by atoms with Crippen molar-refractivity contribution in [2.75, 3.05) is 58.2 Å². The van der Waals surface area contributed by atoms with Crippen molar-refractivity contribution < 1.29 is 14.8 Å². The number of anilines is 3. The maximum absolute atomic E-state index is 12.1. The summed E-state index contributed by atoms with van der Waals surface area (Å²) in [5.74, 6) is 0.725. The van der Waals surface area contributed by atoms with Crippen LogP contribution in [0.2, 0.25) is 0 Å². The van der Waals surface area contributed by atoms with Crippen molar-refractivity contribution >= 4 is 33.9 Å². The lowest BCUT2D eigenvalue weighted by Gasteiger charge is -2.22. The third-order valence-corrected chi connectivity index (χ3v) is 7.35. The molecule has 42 heavy (non-hydrogen) atoms. The van der Waals surface area contributed by atoms with E-state index in [1.54, 1.807) is 12.3 Å². The fraction of sp³-hybridized carbons (Fsp3) is 0.400. The number of aliphatic hydroxyl groups excluding tert-OH is 1. The number of benzene rings is 2. The summed E-state index contributed by atoms with van der Waals surface area (Å²) < 4.78 is 7.78. The summed E-state index contributed by atoms with van der Waals surface area (Å²) in [6.07, 6.45) is 2.32. The minimum Gasteiger partial charge on any atom is -0.494 e. The first-order valence-corrected chi connectivity index (χ1v) is 13.9. The Labute approximate surface area is 246 Å². The van der Waals surface area contributed by atoms with E-state index in [4.69, 9.17) is 9.72 Å². The van der Waals surface area contributed by atoms with Crippen LogP contribution in [-0.2, 0) is 13.6 Å². The van der Waals surface area contributed by atoms with Crippen LogP contribution in [0.15, 0.2) is 48.7 Å². The standard InChI is InChI=1S/C30H40N8O4/c1-20(12-16-39)32-19-27-29(21-9-7-8-10-24(21)37(27)5)22-11-13-31-30(33-22)34-23-17-26(38(40)41)25(18-28(23)42-6)36(4)15-14-35(2)3/h7-11,13,17-18,20,32,39H,12,14-16,19H2,1-6H3,(H,31,33,34). The highest BCUT2D eigenvalue weighted by Gasteiger charge is 2.23. The first kappa shape index (κ1) is 30.7. The predicted molar refractivity (Wildman–Crippen MR) is 167 cm³/mol. The molecule has 224 valence electrons. The van der Waals surface area contributed by atoms with Crippen LogP contribution in [0.4, 0.5) is 23.0 Å². The van der Waals surface area contributed by atoms with E-state index in [9.17, 15) is 15.2 Å². The smallest absolute Gasteiger partial charge is 0.294 e. The van der Waals surface area contributed by atoms with Gasteiger partial charge in [-0.1, -0.05) is 18.2 Å². The van der Waals surface area contributed by atoms with Crippen LogP contribution in [0.1, 0.15) is 19.0 Å². The van der Waals surface area contributed by atoms with Gasteiger partial charge in [0.15, 0.2) is 0 Å². The largest absolute Gasteiger partial charge is 0.494 e. The maximum atomic E-state index is 12.1. The molecule has 0 amide bonds. The molecule has 3 N–H and O–H groups in total. The molecule has 1 atom stereocenters. The van der Waals surface area contributed by atoms with E-state index in [0.29, 0.717) is 42.3 Å². The van der Waals surface area contributed by atoms with Gasteiger partial charge in [0.25, 0.3) is 5.69 Å². The van der Waals surface area contributed by atoms with E-state index in [2.05, 4.69) is 32.3 Å². The van der Waals surface area contributed by atoms with E-state index >= 15 is 0 Å². The Morgan fingerprint density at radius 1 is 1.17 bits per heavy atom. The van der Waals surface area contributed by atoms with Gasteiger partial charge in [-0.05, 0) is 39.6 Å². The van der Waals surface area contributed by atoms with Crippen LogP contribution in [0.25, 0.3) is 22.2 Å². The Hall–Kier alpha value is -4.26. The summed E-state index contributed by atoms with van der Waals surface area (Å²) in [5.41, 5.74) is 4.60. The molecule has 4 rings (SSSR count). The Morgan fingerprint density at radius 3 is 2.62 bits per heavy atom. The van der Waals surface area contributed by atoms with E-state index in [-0.39, 0.29) is 24.3 Å². The van der Waals surface area contributed by atoms with Crippen molar-refractivity contribution in [3.63, 3.8) is 0 Å². The number of ether oxygens (including phenoxy) is 1. The summed E-state index contributed by atoms with van der Waals surface area (Å²) in [5, 5.41) is 29.1. The van der Waals surface area contributed by atoms with E-state index in [1.807, 2.05) is 63.1 Å². The first-order valence-electron chi connectivity index (χ1n) is 13.9. The van der Waals surface area contributed by atoms with Gasteiger partial charge in [0.05, 0.1) is 23.4 Å². The highest BCUT2D eigenvalue weighted by Crippen LogP contribution is 2.39. The van der Waals surface area contributed by atoms with Gasteiger partial charge >= 0.3 is 0 Å². The van der Waals surface area contributed by atoms with Crippen molar-refractivity contribution in [3.05, 3.63) is 64.5 Å². The molecule has 0 spiro atoms. The fourth-order valence-electron chi connectivity index (χ4n) is 4.93. The van der Waals surface area contributed by atoms with Crippen molar-refractivity contribution in [2.24, 2.45) is 7.05 Å². The Bertz CT molecular complexity index is 1540. The van der Waals surface area contributed by atoms with Gasteiger partial charge in [0, 0.05) is 86.9 Å². The summed E-state index contributed by atoms with van der Waals surface area (Å²) >= 11 is 0. The molecule has 0 saturated heterocycles. The molecule has 1 unspecified atom stereocenters. The number of nitrogens with zero attached hydrogens (tertiary/aromatic N) is 6. The molecule has 4 aromatic rings. The van der Waals surface area contributed by atoms with E-state index in [0.717, 1.165) is 28.7 Å². The quantitative estimate of drug-likeness (QED) is 0.148. The summed E-state index contributed by atoms with van der Waals surface area (Å²) in [7, 11) is 9.30. The predicted octanol–water partition coefficient (Wildman–Crippen LogP) is 4.15. The lowest BCUT2D eigenvalue weighted by Crippen LogP contribution is -2.28. The molecule has 2 heterocycles. The van der Waals surface area contributed by atoms with Gasteiger partial charge in [-0.25, -0.2) is 9.97 Å². The SMILES string of the molecule is COc1cc(N(C)CCN(C)C)c([N+](=O)[O-])cc1Nc1nccc(-c2c(CNC(C)CCO)n(C)c3ccccc23)n1. The maximum Gasteiger partial charge on any atom is 0.294 e. The zero-order valence-corrected chi connectivity index (χ0v) is 25.1. The zero-order chi connectivity index (χ0) is 30.4. The van der Waals surface area contributed by atoms with Gasteiger partial charge in [-0.15, -0.1) is 0 Å². The summed E-state index contributed by atoms with van der Waals surface area (Å²) in [6, 6.07) is 13.3. The molecular formula is C30H40N8O4. The van der Waals surface area contributed by atoms with Crippen molar-refractivity contribution in [3.8, 4) is 17.0 Å². The van der Waals surface area contributed by atoms with E-state index < -0.39 is 4.92 Å². The number of hydrogen-bond donors (Lipinski definition) is 3. The molecule has 0 saturated carbocycles. The van der Waals surface area contributed by atoms with Crippen LogP contribution in [-0.4, -0.2) is 83.5 Å². The number of nitro benzene ring substituents is 1. The monoisotopic (exact) mass is 576 g/mol. The second-order valence-electron chi connectivity index (χ2n) is 10.6. The molecule has 2 aromatic carbocycles. The van der Waals surface area contributed by atoms with Crippen LogP contribution in [0, 0.1) is 10.1 Å². The number of rotatable bonds is 14. The molecule has 0 fully saturated rings. The first-order chi connectivity index (χ1) is 20.1. The number of aromatic nitrogens is 3. The fourth-order valence-corrected chi connectivity index (χ4v) is 4.93. The number of nitrogens with one attached hydrogen (secondary N) is 2. The molecule has 2 aromatic heterocycles. The van der Waals surface area contributed by atoms with Crippen LogP contribution in [0.5, 0.6) is 5.75 Å². The second kappa shape index (κ2) is 13.6. The third kappa shape index (κ3) is 6.78. The number of aryl methyl sites for hydroxylation is 1. The topological polar surface area (TPSA) is 134 Å². The normalized spacial score (nSPS) is 12.1. The molecule has 0 aliphatic rings. The molecule has 0 aliphatic carbocycles. The van der Waals surface area contributed by atoms with Crippen molar-refractivity contribution in [2.45, 2.75) is 25.9 Å². The number of para-hydroxylation sites is 1. The van der Waals surface area contributed by atoms with Gasteiger partial charge in [0.2, 0.25) is 5.95 Å². The summed E-state index contributed by atoms with van der Waals surface area (Å²) in [4.78, 5) is 24.8. The number of nitro groups is 1. The average Bonchev–Trinajstić information content (AvgIpc) is 3.26. The molecule has 0 aliphatic heterocycles. The number of aliphatic hydroxyl groups is 1.